The van der Waals surface area contributed by atoms with Crippen LogP contribution >= 0.6 is 27.3 Å². The fourth-order valence-electron chi connectivity index (χ4n) is 1.77. The predicted octanol–water partition coefficient (Wildman–Crippen LogP) is 4.38. The zero-order valence-electron chi connectivity index (χ0n) is 9.84. The van der Waals surface area contributed by atoms with E-state index in [1.54, 1.807) is 11.3 Å². The van der Waals surface area contributed by atoms with Gasteiger partial charge >= 0.3 is 0 Å². The Morgan fingerprint density at radius 3 is 2.69 bits per heavy atom. The van der Waals surface area contributed by atoms with Crippen LogP contribution in [0.2, 0.25) is 0 Å². The van der Waals surface area contributed by atoms with Crippen LogP contribution in [-0.2, 0) is 0 Å². The van der Waals surface area contributed by atoms with Gasteiger partial charge in [0.05, 0.1) is 6.04 Å². The van der Waals surface area contributed by atoms with Gasteiger partial charge in [0.1, 0.15) is 0 Å². The second-order valence-corrected chi connectivity index (χ2v) is 5.95. The van der Waals surface area contributed by atoms with Gasteiger partial charge in [-0.15, -0.1) is 11.3 Å². The van der Waals surface area contributed by atoms with Gasteiger partial charge in [-0.3, -0.25) is 11.3 Å². The molecule has 1 unspecified atom stereocenters. The summed E-state index contributed by atoms with van der Waals surface area (Å²) in [6.07, 6.45) is 7.71. The number of hydrogen-bond donors (Lipinski definition) is 2. The molecule has 0 bridgehead atoms. The highest BCUT2D eigenvalue weighted by atomic mass is 79.9. The standard InChI is InChI=1S/C12H21BrN2S/c1-2-3-4-5-6-7-11(15-14)12-8-10(13)9-16-12/h8-9,11,15H,2-7,14H2,1H3. The third kappa shape index (κ3) is 4.95. The summed E-state index contributed by atoms with van der Waals surface area (Å²) in [6.45, 7) is 2.24. The fraction of sp³-hybridized carbons (Fsp3) is 0.667. The van der Waals surface area contributed by atoms with E-state index < -0.39 is 0 Å². The van der Waals surface area contributed by atoms with E-state index in [4.69, 9.17) is 5.84 Å². The van der Waals surface area contributed by atoms with Gasteiger partial charge < -0.3 is 0 Å². The van der Waals surface area contributed by atoms with Gasteiger partial charge in [0.2, 0.25) is 0 Å². The highest BCUT2D eigenvalue weighted by Gasteiger charge is 2.11. The lowest BCUT2D eigenvalue weighted by Gasteiger charge is -2.13. The molecule has 1 heterocycles. The van der Waals surface area contributed by atoms with Crippen molar-refractivity contribution in [3.63, 3.8) is 0 Å². The molecule has 0 saturated carbocycles. The van der Waals surface area contributed by atoms with Crippen molar-refractivity contribution >= 4 is 27.3 Å². The molecule has 1 aromatic rings. The van der Waals surface area contributed by atoms with E-state index >= 15 is 0 Å². The Bertz CT molecular complexity index is 288. The number of halogens is 1. The highest BCUT2D eigenvalue weighted by molar-refractivity contribution is 9.10. The van der Waals surface area contributed by atoms with Crippen LogP contribution in [0.25, 0.3) is 0 Å². The Labute approximate surface area is 111 Å². The molecule has 4 heteroatoms. The summed E-state index contributed by atoms with van der Waals surface area (Å²) in [6, 6.07) is 2.47. The number of rotatable bonds is 8. The first-order valence-corrected chi connectivity index (χ1v) is 7.65. The molecule has 0 amide bonds. The lowest BCUT2D eigenvalue weighted by atomic mass is 10.1. The molecule has 0 radical (unpaired) electrons. The largest absolute Gasteiger partial charge is 0.271 e. The number of nitrogens with two attached hydrogens (primary N) is 1. The fourth-order valence-corrected chi connectivity index (χ4v) is 3.31. The molecule has 0 aliphatic carbocycles. The van der Waals surface area contributed by atoms with E-state index in [2.05, 4.69) is 39.7 Å². The summed E-state index contributed by atoms with van der Waals surface area (Å²) in [5.41, 5.74) is 2.91. The van der Waals surface area contributed by atoms with Crippen LogP contribution in [0, 0.1) is 0 Å². The molecule has 0 fully saturated rings. The van der Waals surface area contributed by atoms with E-state index in [-0.39, 0.29) is 0 Å². The maximum Gasteiger partial charge on any atom is 0.0553 e. The molecule has 0 saturated heterocycles. The first kappa shape index (κ1) is 14.2. The molecule has 0 aliphatic rings. The lowest BCUT2D eigenvalue weighted by molar-refractivity contribution is 0.484. The molecule has 1 aromatic heterocycles. The molecule has 1 atom stereocenters. The van der Waals surface area contributed by atoms with Crippen molar-refractivity contribution < 1.29 is 0 Å². The molecular formula is C12H21BrN2S. The van der Waals surface area contributed by atoms with Crippen LogP contribution in [0.4, 0.5) is 0 Å². The Kier molecular flexibility index (Phi) is 7.28. The summed E-state index contributed by atoms with van der Waals surface area (Å²) >= 11 is 5.23. The predicted molar refractivity (Wildman–Crippen MR) is 75.5 cm³/mol. The summed E-state index contributed by atoms with van der Waals surface area (Å²) in [7, 11) is 0. The highest BCUT2D eigenvalue weighted by Crippen LogP contribution is 2.28. The minimum absolute atomic E-state index is 0.318. The molecule has 2 nitrogen and oxygen atoms in total. The lowest BCUT2D eigenvalue weighted by Crippen LogP contribution is -2.27. The van der Waals surface area contributed by atoms with Gasteiger partial charge in [-0.05, 0) is 28.4 Å². The minimum atomic E-state index is 0.318. The molecule has 0 spiro atoms. The van der Waals surface area contributed by atoms with Crippen molar-refractivity contribution in [1.82, 2.24) is 5.43 Å². The van der Waals surface area contributed by atoms with Crippen molar-refractivity contribution in [3.8, 4) is 0 Å². The van der Waals surface area contributed by atoms with Crippen LogP contribution in [0.5, 0.6) is 0 Å². The number of nitrogens with one attached hydrogen (secondary N) is 1. The third-order valence-electron chi connectivity index (χ3n) is 2.73. The first-order chi connectivity index (χ1) is 7.77. The SMILES string of the molecule is CCCCCCCC(NN)c1cc(Br)cs1. The van der Waals surface area contributed by atoms with E-state index in [0.717, 1.165) is 10.9 Å². The summed E-state index contributed by atoms with van der Waals surface area (Å²) < 4.78 is 1.15. The second kappa shape index (κ2) is 8.23. The molecule has 1 rings (SSSR count). The Morgan fingerprint density at radius 2 is 2.12 bits per heavy atom. The van der Waals surface area contributed by atoms with Crippen LogP contribution in [-0.4, -0.2) is 0 Å². The van der Waals surface area contributed by atoms with E-state index in [1.807, 2.05) is 0 Å². The van der Waals surface area contributed by atoms with Gasteiger partial charge in [0.25, 0.3) is 0 Å². The van der Waals surface area contributed by atoms with Gasteiger partial charge in [-0.25, -0.2) is 0 Å². The van der Waals surface area contributed by atoms with Crippen LogP contribution in [0.1, 0.15) is 56.4 Å². The zero-order valence-corrected chi connectivity index (χ0v) is 12.2. The Hall–Kier alpha value is 0.1000. The van der Waals surface area contributed by atoms with Gasteiger partial charge in [-0.2, -0.15) is 0 Å². The molecule has 92 valence electrons. The number of hydrazine groups is 1. The molecule has 16 heavy (non-hydrogen) atoms. The quantitative estimate of drug-likeness (QED) is 0.425. The molecular weight excluding hydrogens is 284 g/mol. The van der Waals surface area contributed by atoms with E-state index in [0.29, 0.717) is 6.04 Å². The summed E-state index contributed by atoms with van der Waals surface area (Å²) in [4.78, 5) is 1.32. The normalized spacial score (nSPS) is 12.9. The smallest absolute Gasteiger partial charge is 0.0553 e. The number of thiophene rings is 1. The van der Waals surface area contributed by atoms with Gasteiger partial charge in [0.15, 0.2) is 0 Å². The average molecular weight is 305 g/mol. The van der Waals surface area contributed by atoms with Crippen molar-refractivity contribution in [2.75, 3.05) is 0 Å². The number of hydrogen-bond acceptors (Lipinski definition) is 3. The molecule has 0 aromatic carbocycles. The topological polar surface area (TPSA) is 38.0 Å². The minimum Gasteiger partial charge on any atom is -0.271 e. The maximum absolute atomic E-state index is 5.60. The van der Waals surface area contributed by atoms with Crippen LogP contribution in [0.3, 0.4) is 0 Å². The summed E-state index contributed by atoms with van der Waals surface area (Å²) in [5, 5.41) is 2.11. The van der Waals surface area contributed by atoms with Crippen LogP contribution in [0.15, 0.2) is 15.9 Å². The molecule has 3 N–H and O–H groups in total. The third-order valence-corrected chi connectivity index (χ3v) is 4.54. The molecule has 0 aliphatic heterocycles. The van der Waals surface area contributed by atoms with Crippen molar-refractivity contribution in [2.45, 2.75) is 51.5 Å². The van der Waals surface area contributed by atoms with E-state index in [9.17, 15) is 0 Å². The monoisotopic (exact) mass is 304 g/mol. The second-order valence-electron chi connectivity index (χ2n) is 4.09. The van der Waals surface area contributed by atoms with Gasteiger partial charge in [-0.1, -0.05) is 39.0 Å². The first-order valence-electron chi connectivity index (χ1n) is 5.98. The number of unbranched alkanes of at least 4 members (excludes halogenated alkanes) is 4. The van der Waals surface area contributed by atoms with Crippen molar-refractivity contribution in [2.24, 2.45) is 5.84 Å². The van der Waals surface area contributed by atoms with E-state index in [1.165, 1.54) is 37.0 Å². The zero-order chi connectivity index (χ0) is 11.8. The average Bonchev–Trinajstić information content (AvgIpc) is 2.70. The summed E-state index contributed by atoms with van der Waals surface area (Å²) in [5.74, 6) is 5.60. The van der Waals surface area contributed by atoms with Crippen molar-refractivity contribution in [3.05, 3.63) is 20.8 Å². The van der Waals surface area contributed by atoms with Gasteiger partial charge in [0, 0.05) is 14.7 Å². The maximum atomic E-state index is 5.60. The Balaban J connectivity index is 2.27. The van der Waals surface area contributed by atoms with Crippen LogP contribution < -0.4 is 11.3 Å². The Morgan fingerprint density at radius 1 is 1.38 bits per heavy atom. The van der Waals surface area contributed by atoms with Crippen molar-refractivity contribution in [1.29, 1.82) is 0 Å².